The van der Waals surface area contributed by atoms with Crippen LogP contribution >= 0.6 is 0 Å². The van der Waals surface area contributed by atoms with E-state index in [0.717, 1.165) is 19.3 Å². The van der Waals surface area contributed by atoms with E-state index in [1.54, 1.807) is 24.3 Å². The van der Waals surface area contributed by atoms with Crippen LogP contribution in [0.3, 0.4) is 0 Å². The third-order valence-electron chi connectivity index (χ3n) is 5.98. The van der Waals surface area contributed by atoms with E-state index in [-0.39, 0.29) is 24.5 Å². The zero-order valence-electron chi connectivity index (χ0n) is 21.7. The number of aliphatic hydroxyl groups excluding tert-OH is 1. The predicted octanol–water partition coefficient (Wildman–Crippen LogP) is 5.36. The fourth-order valence-electron chi connectivity index (χ4n) is 4.09. The molecule has 1 fully saturated rings. The van der Waals surface area contributed by atoms with Crippen molar-refractivity contribution in [3.63, 3.8) is 0 Å². The predicted molar refractivity (Wildman–Crippen MR) is 139 cm³/mol. The highest BCUT2D eigenvalue weighted by molar-refractivity contribution is 6.46. The topological polar surface area (TPSA) is 85.3 Å². The summed E-state index contributed by atoms with van der Waals surface area (Å²) in [4.78, 5) is 27.6. The molecule has 1 heterocycles. The average Bonchev–Trinajstić information content (AvgIpc) is 3.13. The number of carbonyl (C=O) groups is 2. The Bertz CT molecular complexity index is 1060. The van der Waals surface area contributed by atoms with E-state index in [1.807, 2.05) is 24.3 Å². The third-order valence-corrected chi connectivity index (χ3v) is 5.98. The lowest BCUT2D eigenvalue weighted by Crippen LogP contribution is -2.32. The van der Waals surface area contributed by atoms with Gasteiger partial charge in [-0.25, -0.2) is 0 Å². The SMILES string of the molecule is CCCCCOc1ccc(/C(O)=C2/C(=O)C(=O)N(CCOC)C2c2cccc(OCC(C)C)c2)cc1. The van der Waals surface area contributed by atoms with Crippen molar-refractivity contribution in [1.82, 2.24) is 4.90 Å². The van der Waals surface area contributed by atoms with Gasteiger partial charge in [-0.3, -0.25) is 9.59 Å². The van der Waals surface area contributed by atoms with Gasteiger partial charge in [-0.2, -0.15) is 0 Å². The first kappa shape index (κ1) is 27.3. The minimum Gasteiger partial charge on any atom is -0.507 e. The van der Waals surface area contributed by atoms with Crippen LogP contribution in [-0.4, -0.2) is 55.2 Å². The minimum atomic E-state index is -0.757. The Morgan fingerprint density at radius 1 is 1.00 bits per heavy atom. The van der Waals surface area contributed by atoms with Crippen LogP contribution in [0.1, 0.15) is 57.2 Å². The van der Waals surface area contributed by atoms with Gasteiger partial charge in [-0.05, 0) is 54.3 Å². The fraction of sp³-hybridized carbons (Fsp3) is 0.448. The highest BCUT2D eigenvalue weighted by Gasteiger charge is 2.46. The van der Waals surface area contributed by atoms with Gasteiger partial charge < -0.3 is 24.2 Å². The first-order valence-electron chi connectivity index (χ1n) is 12.6. The van der Waals surface area contributed by atoms with E-state index < -0.39 is 17.7 Å². The molecular weight excluding hydrogens is 458 g/mol. The molecule has 1 amide bonds. The molecule has 7 nitrogen and oxygen atoms in total. The summed E-state index contributed by atoms with van der Waals surface area (Å²) in [5, 5.41) is 11.2. The van der Waals surface area contributed by atoms with E-state index in [1.165, 1.54) is 12.0 Å². The quantitative estimate of drug-likeness (QED) is 0.174. The van der Waals surface area contributed by atoms with Gasteiger partial charge in [-0.1, -0.05) is 45.7 Å². The van der Waals surface area contributed by atoms with E-state index in [2.05, 4.69) is 20.8 Å². The first-order chi connectivity index (χ1) is 17.4. The molecule has 0 bridgehead atoms. The molecule has 3 rings (SSSR count). The van der Waals surface area contributed by atoms with Crippen molar-refractivity contribution >= 4 is 17.4 Å². The van der Waals surface area contributed by atoms with Gasteiger partial charge in [0.25, 0.3) is 11.7 Å². The molecule has 7 heteroatoms. The number of ketones is 1. The largest absolute Gasteiger partial charge is 0.507 e. The Hall–Kier alpha value is -3.32. The van der Waals surface area contributed by atoms with Crippen LogP contribution in [0.15, 0.2) is 54.1 Å². The third kappa shape index (κ3) is 6.66. The number of Topliss-reactive ketones (excluding diaryl/α,β-unsaturated/α-hetero) is 1. The number of aliphatic hydroxyl groups is 1. The molecular formula is C29H37NO6. The Morgan fingerprint density at radius 3 is 2.42 bits per heavy atom. The monoisotopic (exact) mass is 495 g/mol. The number of ether oxygens (including phenoxy) is 3. The normalized spacial score (nSPS) is 17.1. The number of hydrogen-bond acceptors (Lipinski definition) is 6. The van der Waals surface area contributed by atoms with Crippen molar-refractivity contribution in [3.05, 3.63) is 65.2 Å². The van der Waals surface area contributed by atoms with Crippen molar-refractivity contribution in [2.75, 3.05) is 33.5 Å². The van der Waals surface area contributed by atoms with E-state index in [9.17, 15) is 14.7 Å². The van der Waals surface area contributed by atoms with Gasteiger partial charge in [0.05, 0.1) is 31.4 Å². The van der Waals surface area contributed by atoms with Crippen molar-refractivity contribution in [2.24, 2.45) is 5.92 Å². The molecule has 1 atom stereocenters. The first-order valence-corrected chi connectivity index (χ1v) is 12.6. The summed E-state index contributed by atoms with van der Waals surface area (Å²) < 4.78 is 16.8. The number of benzene rings is 2. The molecule has 1 aliphatic rings. The molecule has 1 saturated heterocycles. The van der Waals surface area contributed by atoms with Crippen LogP contribution in [0, 0.1) is 5.92 Å². The van der Waals surface area contributed by atoms with Crippen LogP contribution in [0.2, 0.25) is 0 Å². The Labute approximate surface area is 213 Å². The molecule has 0 saturated carbocycles. The number of unbranched alkanes of at least 4 members (excludes halogenated alkanes) is 2. The number of nitrogens with zero attached hydrogens (tertiary/aromatic N) is 1. The zero-order chi connectivity index (χ0) is 26.1. The molecule has 194 valence electrons. The lowest BCUT2D eigenvalue weighted by Gasteiger charge is -2.25. The summed E-state index contributed by atoms with van der Waals surface area (Å²) in [7, 11) is 1.54. The molecule has 0 radical (unpaired) electrons. The van der Waals surface area contributed by atoms with Crippen molar-refractivity contribution in [1.29, 1.82) is 0 Å². The highest BCUT2D eigenvalue weighted by atomic mass is 16.5. The summed E-state index contributed by atoms with van der Waals surface area (Å²) in [6, 6.07) is 13.5. The van der Waals surface area contributed by atoms with Gasteiger partial charge in [0, 0.05) is 19.2 Å². The number of carbonyl (C=O) groups excluding carboxylic acids is 2. The summed E-state index contributed by atoms with van der Waals surface area (Å²) in [5.74, 6) is 0.0757. The van der Waals surface area contributed by atoms with Crippen molar-refractivity contribution in [3.8, 4) is 11.5 Å². The van der Waals surface area contributed by atoms with Crippen LogP contribution < -0.4 is 9.47 Å². The molecule has 1 unspecified atom stereocenters. The van der Waals surface area contributed by atoms with Gasteiger partial charge in [0.1, 0.15) is 17.3 Å². The van der Waals surface area contributed by atoms with E-state index in [4.69, 9.17) is 14.2 Å². The second-order valence-corrected chi connectivity index (χ2v) is 9.34. The molecule has 0 aliphatic carbocycles. The summed E-state index contributed by atoms with van der Waals surface area (Å²) >= 11 is 0. The summed E-state index contributed by atoms with van der Waals surface area (Å²) in [6.07, 6.45) is 3.20. The molecule has 0 aromatic heterocycles. The number of hydrogen-bond donors (Lipinski definition) is 1. The summed E-state index contributed by atoms with van der Waals surface area (Å²) in [6.45, 7) is 7.90. The maximum absolute atomic E-state index is 13.1. The standard InChI is InChI=1S/C29H37NO6/c1-5-6-7-16-35-23-13-11-21(12-14-23)27(31)25-26(30(15-17-34-4)29(33)28(25)32)22-9-8-10-24(18-22)36-19-20(2)3/h8-14,18,20,26,31H,5-7,15-17,19H2,1-4H3/b27-25-. The molecule has 2 aromatic carbocycles. The van der Waals surface area contributed by atoms with Crippen molar-refractivity contribution in [2.45, 2.75) is 46.1 Å². The van der Waals surface area contributed by atoms with Crippen LogP contribution in [0.5, 0.6) is 11.5 Å². The zero-order valence-corrected chi connectivity index (χ0v) is 21.7. The number of rotatable bonds is 13. The van der Waals surface area contributed by atoms with Gasteiger partial charge in [0.15, 0.2) is 0 Å². The molecule has 1 aliphatic heterocycles. The molecule has 36 heavy (non-hydrogen) atoms. The average molecular weight is 496 g/mol. The van der Waals surface area contributed by atoms with Gasteiger partial charge in [0.2, 0.25) is 0 Å². The van der Waals surface area contributed by atoms with Crippen LogP contribution in [0.4, 0.5) is 0 Å². The maximum Gasteiger partial charge on any atom is 0.295 e. The lowest BCUT2D eigenvalue weighted by atomic mass is 9.95. The van der Waals surface area contributed by atoms with Crippen molar-refractivity contribution < 1.29 is 28.9 Å². The van der Waals surface area contributed by atoms with E-state index >= 15 is 0 Å². The number of likely N-dealkylation sites (tertiary alicyclic amines) is 1. The smallest absolute Gasteiger partial charge is 0.295 e. The highest BCUT2D eigenvalue weighted by Crippen LogP contribution is 2.40. The maximum atomic E-state index is 13.1. The molecule has 2 aromatic rings. The van der Waals surface area contributed by atoms with E-state index in [0.29, 0.717) is 41.8 Å². The van der Waals surface area contributed by atoms with Crippen LogP contribution in [-0.2, 0) is 14.3 Å². The second kappa shape index (κ2) is 13.1. The molecule has 1 N–H and O–H groups in total. The second-order valence-electron chi connectivity index (χ2n) is 9.34. The van der Waals surface area contributed by atoms with Crippen LogP contribution in [0.25, 0.3) is 5.76 Å². The Morgan fingerprint density at radius 2 is 1.75 bits per heavy atom. The number of methoxy groups -OCH3 is 1. The summed E-state index contributed by atoms with van der Waals surface area (Å²) in [5.41, 5.74) is 1.18. The lowest BCUT2D eigenvalue weighted by molar-refractivity contribution is -0.140. The fourth-order valence-corrected chi connectivity index (χ4v) is 4.09. The van der Waals surface area contributed by atoms with Gasteiger partial charge in [-0.15, -0.1) is 0 Å². The Balaban J connectivity index is 1.96. The minimum absolute atomic E-state index is 0.0497. The van der Waals surface area contributed by atoms with Gasteiger partial charge >= 0.3 is 0 Å². The Kier molecular flexibility index (Phi) is 9.94. The molecule has 0 spiro atoms. The number of amides is 1.